The Balaban J connectivity index is 0.000000258. The first kappa shape index (κ1) is 15.4. The van der Waals surface area contributed by atoms with E-state index < -0.39 is 74.7 Å². The maximum Gasteiger partial charge on any atom is 0.113 e. The molecule has 0 saturated heterocycles. The second-order valence-electron chi connectivity index (χ2n) is 8.90. The minimum Gasteiger partial charge on any atom is -0.320 e. The molecule has 3 aromatic heterocycles. The molecule has 4 unspecified atom stereocenters. The van der Waals surface area contributed by atoms with Gasteiger partial charge in [-0.15, -0.1) is 35.9 Å². The summed E-state index contributed by atoms with van der Waals surface area (Å²) in [5.74, 6) is -0.917. The van der Waals surface area contributed by atoms with Gasteiger partial charge < -0.3 is 9.98 Å². The minimum atomic E-state index is -2.77. The number of benzene rings is 1. The summed E-state index contributed by atoms with van der Waals surface area (Å²) in [6, 6.07) is 7.57. The quantitative estimate of drug-likeness (QED) is 0.185. The molecule has 2 aliphatic rings. The summed E-state index contributed by atoms with van der Waals surface area (Å²) in [5.41, 5.74) is 0.655. The summed E-state index contributed by atoms with van der Waals surface area (Å²) in [7, 11) is 0. The Kier molecular flexibility index (Phi) is 5.45. The SMILES string of the molecule is [2H]C1=C(c2nc([2H])c(C([2H])([2H])[2H])c([2H])c2[2H])[CH-]C([2H])C([2H])=C1[2H].[2H]C1C(C([2H])(C)CCCC)=CN=C(c2[c-]ccc3c2sc2nc(C([2H])([2H])[2H])ccc23)C1[2H].[Ir]. The Morgan fingerprint density at radius 1 is 1.23 bits per heavy atom. The molecule has 4 atom stereocenters. The zero-order valence-corrected chi connectivity index (χ0v) is 25.1. The van der Waals surface area contributed by atoms with Crippen molar-refractivity contribution in [1.29, 1.82) is 0 Å². The largest absolute Gasteiger partial charge is 0.320 e. The monoisotopic (exact) mass is 740 g/mol. The third kappa shape index (κ3) is 7.07. The van der Waals surface area contributed by atoms with Crippen molar-refractivity contribution in [3.8, 4) is 0 Å². The standard InChI is InChI=1S/C23H25N2S.C12H12N.Ir/c1-4-5-7-15(2)17-11-13-21(24-14-17)20-9-6-8-18-19-12-10-16(3)25-23(19)26-22(18)20;1-10-7-8-12(13-9-10)11-5-3-2-4-6-11;/h6,8,10,12,14-15H,4-5,7,11,13H2,1-3H3;2-3,5-9H,4H2,1H3;/q2*-1;/i3D3,11D,13D,15D;1D3,2D,3D,4D,5D,7D,8D,9D;. The normalized spacial score (nSPS) is 28.7. The van der Waals surface area contributed by atoms with Gasteiger partial charge in [-0.1, -0.05) is 62.2 Å². The zero-order chi connectivity index (χ0) is 40.9. The van der Waals surface area contributed by atoms with E-state index in [4.69, 9.17) is 21.9 Å². The van der Waals surface area contributed by atoms with Crippen LogP contribution in [0.1, 0.15) is 96.7 Å². The predicted molar refractivity (Wildman–Crippen MR) is 168 cm³/mol. The predicted octanol–water partition coefficient (Wildman–Crippen LogP) is 9.79. The molecule has 6 rings (SSSR count). The summed E-state index contributed by atoms with van der Waals surface area (Å²) < 4.78 is 126. The number of nitrogens with zero attached hydrogens (tertiary/aromatic N) is 3. The first-order valence-electron chi connectivity index (χ1n) is 20.8. The van der Waals surface area contributed by atoms with Crippen molar-refractivity contribution < 1.29 is 42.0 Å². The molecule has 0 bridgehead atoms. The summed E-state index contributed by atoms with van der Waals surface area (Å²) in [4.78, 5) is 13.2. The summed E-state index contributed by atoms with van der Waals surface area (Å²) in [5, 5.41) is 1.76. The Hall–Kier alpha value is -2.85. The van der Waals surface area contributed by atoms with Gasteiger partial charge in [0, 0.05) is 53.3 Å². The number of hydrogen-bond acceptors (Lipinski definition) is 4. The molecule has 5 heteroatoms. The van der Waals surface area contributed by atoms with Crippen LogP contribution in [0.3, 0.4) is 0 Å². The van der Waals surface area contributed by atoms with E-state index in [0.717, 1.165) is 34.7 Å². The zero-order valence-electron chi connectivity index (χ0n) is 37.9. The fraction of sp³-hybridized carbons (Fsp3) is 0.314. The van der Waals surface area contributed by atoms with Crippen LogP contribution in [0.5, 0.6) is 0 Å². The molecule has 4 aromatic rings. The van der Waals surface area contributed by atoms with Gasteiger partial charge in [-0.2, -0.15) is 29.4 Å². The van der Waals surface area contributed by atoms with Crippen molar-refractivity contribution in [2.24, 2.45) is 10.9 Å². The number of thiophene rings is 1. The Morgan fingerprint density at radius 3 is 3.00 bits per heavy atom. The Bertz CT molecular complexity index is 2270. The topological polar surface area (TPSA) is 38.1 Å². The number of allylic oxidation sites excluding steroid dienone is 5. The van der Waals surface area contributed by atoms with Gasteiger partial charge in [0.15, 0.2) is 0 Å². The van der Waals surface area contributed by atoms with E-state index in [0.29, 0.717) is 28.1 Å². The molecule has 1 radical (unpaired) electrons. The number of unbranched alkanes of at least 4 members (excludes halogenated alkanes) is 1. The maximum atomic E-state index is 8.74. The van der Waals surface area contributed by atoms with Crippen LogP contribution in [-0.4, -0.2) is 15.7 Å². The second-order valence-corrected chi connectivity index (χ2v) is 9.90. The number of aromatic nitrogens is 2. The van der Waals surface area contributed by atoms with E-state index in [9.17, 15) is 0 Å². The molecule has 0 saturated carbocycles. The van der Waals surface area contributed by atoms with Gasteiger partial charge in [0.1, 0.15) is 4.83 Å². The smallest absolute Gasteiger partial charge is 0.113 e. The van der Waals surface area contributed by atoms with Gasteiger partial charge in [0.05, 0.1) is 5.48 Å². The minimum absolute atomic E-state index is 0. The van der Waals surface area contributed by atoms with Crippen LogP contribution in [0.25, 0.3) is 25.9 Å². The molecule has 40 heavy (non-hydrogen) atoms. The molecule has 1 aromatic carbocycles. The van der Waals surface area contributed by atoms with Crippen molar-refractivity contribution in [3.63, 3.8) is 0 Å². The van der Waals surface area contributed by atoms with Crippen molar-refractivity contribution >= 4 is 42.9 Å². The van der Waals surface area contributed by atoms with Gasteiger partial charge in [-0.25, -0.2) is 4.98 Å². The first-order chi connectivity index (χ1) is 25.5. The molecular weight excluding hydrogens is 687 g/mol. The van der Waals surface area contributed by atoms with E-state index in [1.807, 2.05) is 6.07 Å². The Labute approximate surface area is 279 Å². The van der Waals surface area contributed by atoms with Crippen LogP contribution in [-0.2, 0) is 20.1 Å². The molecule has 0 spiro atoms. The molecule has 1 aliphatic carbocycles. The summed E-state index contributed by atoms with van der Waals surface area (Å²) >= 11 is 1.36. The fourth-order valence-corrected chi connectivity index (χ4v) is 5.24. The average Bonchev–Trinajstić information content (AvgIpc) is 3.48. The van der Waals surface area contributed by atoms with Crippen LogP contribution in [0.4, 0.5) is 0 Å². The van der Waals surface area contributed by atoms with Crippen LogP contribution in [0, 0.1) is 32.1 Å². The van der Waals surface area contributed by atoms with Crippen molar-refractivity contribution in [2.75, 3.05) is 0 Å². The molecule has 1 aliphatic heterocycles. The molecule has 209 valence electrons. The number of aryl methyl sites for hydroxylation is 1. The Morgan fingerprint density at radius 2 is 2.15 bits per heavy atom. The van der Waals surface area contributed by atoms with E-state index in [-0.39, 0.29) is 43.1 Å². The van der Waals surface area contributed by atoms with Gasteiger partial charge in [0.2, 0.25) is 0 Å². The number of pyridine rings is 2. The van der Waals surface area contributed by atoms with Crippen LogP contribution in [0.15, 0.2) is 77.4 Å². The van der Waals surface area contributed by atoms with E-state index >= 15 is 0 Å². The molecule has 0 amide bonds. The van der Waals surface area contributed by atoms with E-state index in [2.05, 4.69) is 28.0 Å². The van der Waals surface area contributed by atoms with Gasteiger partial charge in [-0.05, 0) is 73.3 Å². The van der Waals surface area contributed by atoms with Crippen LogP contribution < -0.4 is 0 Å². The third-order valence-electron chi connectivity index (χ3n) is 6.16. The average molecular weight is 740 g/mol. The van der Waals surface area contributed by atoms with Crippen LogP contribution in [0.2, 0.25) is 0 Å². The third-order valence-corrected chi connectivity index (χ3v) is 7.29. The van der Waals surface area contributed by atoms with Gasteiger partial charge in [-0.3, -0.25) is 0 Å². The first-order valence-corrected chi connectivity index (χ1v) is 13.3. The van der Waals surface area contributed by atoms with Crippen molar-refractivity contribution in [2.45, 2.75) is 66.0 Å². The molecular formula is C35H37IrN3S-2. The van der Waals surface area contributed by atoms with Crippen LogP contribution >= 0.6 is 11.3 Å². The molecule has 0 N–H and O–H groups in total. The van der Waals surface area contributed by atoms with E-state index in [1.54, 1.807) is 25.3 Å². The molecule has 0 fully saturated rings. The van der Waals surface area contributed by atoms with Crippen molar-refractivity contribution in [1.82, 2.24) is 9.97 Å². The number of rotatable bonds is 6. The summed E-state index contributed by atoms with van der Waals surface area (Å²) in [6.07, 6.45) is 1.51. The number of fused-ring (bicyclic) bond motifs is 3. The van der Waals surface area contributed by atoms with Crippen molar-refractivity contribution in [3.05, 3.63) is 107 Å². The maximum absolute atomic E-state index is 8.74. The van der Waals surface area contributed by atoms with E-state index in [1.165, 1.54) is 17.4 Å². The number of hydrogen-bond donors (Lipinski definition) is 0. The van der Waals surface area contributed by atoms with Gasteiger partial charge in [0.25, 0.3) is 0 Å². The fourth-order valence-electron chi connectivity index (χ4n) is 4.06. The summed E-state index contributed by atoms with van der Waals surface area (Å²) in [6.45, 7) is -1.17. The van der Waals surface area contributed by atoms with Gasteiger partial charge >= 0.3 is 0 Å². The molecule has 4 heterocycles. The number of aliphatic imine (C=N–C) groups is 1. The second kappa shape index (κ2) is 14.2. The molecule has 3 nitrogen and oxygen atoms in total.